The molecular weight excluding hydrogens is 337 g/mol. The number of halogens is 1. The first-order valence-corrected chi connectivity index (χ1v) is 8.84. The topological polar surface area (TPSA) is 84.2 Å². The number of aromatic nitrogens is 2. The lowest BCUT2D eigenvalue weighted by atomic mass is 10.00. The van der Waals surface area contributed by atoms with Crippen LogP contribution in [0.25, 0.3) is 0 Å². The monoisotopic (exact) mass is 359 g/mol. The molecular formula is C18H22FN5O2. The van der Waals surface area contributed by atoms with Crippen molar-refractivity contribution in [2.24, 2.45) is 0 Å². The van der Waals surface area contributed by atoms with Crippen LogP contribution in [0.5, 0.6) is 0 Å². The number of benzene rings is 1. The third-order valence-electron chi connectivity index (χ3n) is 4.73. The van der Waals surface area contributed by atoms with E-state index in [4.69, 9.17) is 0 Å². The van der Waals surface area contributed by atoms with Crippen molar-refractivity contribution in [3.05, 3.63) is 52.1 Å². The Morgan fingerprint density at radius 2 is 2.08 bits per heavy atom. The summed E-state index contributed by atoms with van der Waals surface area (Å²) in [4.78, 5) is 21.7. The summed E-state index contributed by atoms with van der Waals surface area (Å²) in [7, 11) is 0. The molecule has 1 aliphatic heterocycles. The predicted octanol–water partition coefficient (Wildman–Crippen LogP) is 3.90. The smallest absolute Gasteiger partial charge is 0.353 e. The standard InChI is InChI=1S/C18H22FN5O2/c1-2-15-5-3-4-10-23(15)18-16(24(25)26)17(21-12-22-18)20-11-13-6-8-14(19)9-7-13/h6-9,12,15H,2-5,10-11H2,1H3,(H,20,21,22). The Hall–Kier alpha value is -2.77. The van der Waals surface area contributed by atoms with Gasteiger partial charge in [0.05, 0.1) is 4.92 Å². The fraction of sp³-hybridized carbons (Fsp3) is 0.444. The fourth-order valence-corrected chi connectivity index (χ4v) is 3.37. The maximum Gasteiger partial charge on any atom is 0.353 e. The maximum absolute atomic E-state index is 13.0. The van der Waals surface area contributed by atoms with Crippen molar-refractivity contribution in [2.75, 3.05) is 16.8 Å². The van der Waals surface area contributed by atoms with Crippen LogP contribution < -0.4 is 10.2 Å². The molecule has 1 unspecified atom stereocenters. The van der Waals surface area contributed by atoms with E-state index >= 15 is 0 Å². The van der Waals surface area contributed by atoms with Crippen LogP contribution in [0, 0.1) is 15.9 Å². The van der Waals surface area contributed by atoms with Crippen molar-refractivity contribution in [2.45, 2.75) is 45.2 Å². The largest absolute Gasteiger partial charge is 0.360 e. The molecule has 2 aromatic rings. The molecule has 138 valence electrons. The number of anilines is 2. The molecule has 0 bridgehead atoms. The van der Waals surface area contributed by atoms with Crippen LogP contribution in [0.3, 0.4) is 0 Å². The summed E-state index contributed by atoms with van der Waals surface area (Å²) in [5.41, 5.74) is 0.709. The van der Waals surface area contributed by atoms with Gasteiger partial charge in [0.25, 0.3) is 0 Å². The second-order valence-electron chi connectivity index (χ2n) is 6.38. The molecule has 0 radical (unpaired) electrons. The van der Waals surface area contributed by atoms with Crippen LogP contribution in [0.4, 0.5) is 21.7 Å². The molecule has 1 fully saturated rings. The minimum atomic E-state index is -0.427. The lowest BCUT2D eigenvalue weighted by molar-refractivity contribution is -0.383. The van der Waals surface area contributed by atoms with E-state index in [2.05, 4.69) is 22.2 Å². The second-order valence-corrected chi connectivity index (χ2v) is 6.38. The highest BCUT2D eigenvalue weighted by atomic mass is 19.1. The normalized spacial score (nSPS) is 17.2. The van der Waals surface area contributed by atoms with Crippen LogP contribution in [-0.2, 0) is 6.54 Å². The van der Waals surface area contributed by atoms with Crippen LogP contribution in [0.1, 0.15) is 38.2 Å². The molecule has 0 saturated carbocycles. The van der Waals surface area contributed by atoms with Gasteiger partial charge in [0, 0.05) is 19.1 Å². The van der Waals surface area contributed by atoms with Crippen LogP contribution in [0.15, 0.2) is 30.6 Å². The number of hydrogen-bond acceptors (Lipinski definition) is 6. The summed E-state index contributed by atoms with van der Waals surface area (Å²) in [5.74, 6) is 0.239. The molecule has 1 atom stereocenters. The Morgan fingerprint density at radius 3 is 2.77 bits per heavy atom. The highest BCUT2D eigenvalue weighted by molar-refractivity contribution is 5.70. The average Bonchev–Trinajstić information content (AvgIpc) is 2.67. The van der Waals surface area contributed by atoms with E-state index in [9.17, 15) is 14.5 Å². The SMILES string of the molecule is CCC1CCCCN1c1ncnc(NCc2ccc(F)cc2)c1[N+](=O)[O-]. The minimum absolute atomic E-state index is 0.102. The zero-order chi connectivity index (χ0) is 18.5. The van der Waals surface area contributed by atoms with E-state index in [0.717, 1.165) is 37.8 Å². The first-order valence-electron chi connectivity index (χ1n) is 8.84. The zero-order valence-electron chi connectivity index (χ0n) is 14.7. The third kappa shape index (κ3) is 3.89. The summed E-state index contributed by atoms with van der Waals surface area (Å²) < 4.78 is 13.0. The van der Waals surface area contributed by atoms with Gasteiger partial charge in [-0.1, -0.05) is 19.1 Å². The number of nitrogens with zero attached hydrogens (tertiary/aromatic N) is 4. The fourth-order valence-electron chi connectivity index (χ4n) is 3.37. The molecule has 2 heterocycles. The summed E-state index contributed by atoms with van der Waals surface area (Å²) >= 11 is 0. The highest BCUT2D eigenvalue weighted by Gasteiger charge is 2.31. The molecule has 1 aromatic heterocycles. The molecule has 1 N–H and O–H groups in total. The summed E-state index contributed by atoms with van der Waals surface area (Å²) in [6.45, 7) is 3.16. The molecule has 7 nitrogen and oxygen atoms in total. The number of piperidine rings is 1. The van der Waals surface area contributed by atoms with Crippen LogP contribution in [-0.4, -0.2) is 27.5 Å². The molecule has 1 aliphatic rings. The highest BCUT2D eigenvalue weighted by Crippen LogP contribution is 2.35. The molecule has 0 amide bonds. The number of nitro groups is 1. The summed E-state index contributed by atoms with van der Waals surface area (Å²) in [6.07, 6.45) is 5.41. The Bertz CT molecular complexity index is 769. The summed E-state index contributed by atoms with van der Waals surface area (Å²) in [6, 6.07) is 6.23. The average molecular weight is 359 g/mol. The van der Waals surface area contributed by atoms with E-state index in [-0.39, 0.29) is 23.4 Å². The summed E-state index contributed by atoms with van der Waals surface area (Å²) in [5, 5.41) is 14.7. The second kappa shape index (κ2) is 8.07. The molecule has 3 rings (SSSR count). The van der Waals surface area contributed by atoms with E-state index in [1.54, 1.807) is 12.1 Å². The van der Waals surface area contributed by atoms with Gasteiger partial charge in [-0.25, -0.2) is 14.4 Å². The lowest BCUT2D eigenvalue weighted by Crippen LogP contribution is -2.40. The van der Waals surface area contributed by atoms with Gasteiger partial charge in [-0.3, -0.25) is 10.1 Å². The van der Waals surface area contributed by atoms with Crippen LogP contribution in [0.2, 0.25) is 0 Å². The van der Waals surface area contributed by atoms with Gasteiger partial charge in [0.2, 0.25) is 11.6 Å². The van der Waals surface area contributed by atoms with Crippen molar-refractivity contribution in [3.8, 4) is 0 Å². The quantitative estimate of drug-likeness (QED) is 0.622. The molecule has 1 aromatic carbocycles. The molecule has 1 saturated heterocycles. The molecule has 0 spiro atoms. The Kier molecular flexibility index (Phi) is 5.60. The zero-order valence-corrected chi connectivity index (χ0v) is 14.7. The molecule has 8 heteroatoms. The van der Waals surface area contributed by atoms with Gasteiger partial charge in [-0.2, -0.15) is 0 Å². The van der Waals surface area contributed by atoms with Crippen molar-refractivity contribution < 1.29 is 9.31 Å². The van der Waals surface area contributed by atoms with Gasteiger partial charge >= 0.3 is 5.69 Å². The number of nitrogens with one attached hydrogen (secondary N) is 1. The van der Waals surface area contributed by atoms with E-state index < -0.39 is 4.92 Å². The van der Waals surface area contributed by atoms with Crippen molar-refractivity contribution >= 4 is 17.3 Å². The van der Waals surface area contributed by atoms with E-state index in [1.807, 2.05) is 4.90 Å². The predicted molar refractivity (Wildman–Crippen MR) is 97.7 cm³/mol. The van der Waals surface area contributed by atoms with Gasteiger partial charge in [0.1, 0.15) is 12.1 Å². The van der Waals surface area contributed by atoms with Gasteiger partial charge in [-0.05, 0) is 43.4 Å². The van der Waals surface area contributed by atoms with Gasteiger partial charge < -0.3 is 10.2 Å². The minimum Gasteiger partial charge on any atom is -0.360 e. The van der Waals surface area contributed by atoms with E-state index in [1.165, 1.54) is 18.5 Å². The maximum atomic E-state index is 13.0. The van der Waals surface area contributed by atoms with Crippen molar-refractivity contribution in [1.29, 1.82) is 0 Å². The Labute approximate surface area is 151 Å². The van der Waals surface area contributed by atoms with Crippen molar-refractivity contribution in [1.82, 2.24) is 9.97 Å². The molecule has 26 heavy (non-hydrogen) atoms. The van der Waals surface area contributed by atoms with E-state index in [0.29, 0.717) is 12.4 Å². The Morgan fingerprint density at radius 1 is 1.31 bits per heavy atom. The third-order valence-corrected chi connectivity index (χ3v) is 4.73. The van der Waals surface area contributed by atoms with Crippen molar-refractivity contribution in [3.63, 3.8) is 0 Å². The lowest BCUT2D eigenvalue weighted by Gasteiger charge is -2.35. The van der Waals surface area contributed by atoms with Gasteiger partial charge in [-0.15, -0.1) is 0 Å². The first-order chi connectivity index (χ1) is 12.6. The number of rotatable bonds is 6. The van der Waals surface area contributed by atoms with Gasteiger partial charge in [0.15, 0.2) is 0 Å². The van der Waals surface area contributed by atoms with Crippen LogP contribution >= 0.6 is 0 Å². The first kappa shape index (κ1) is 18.0. The number of hydrogen-bond donors (Lipinski definition) is 1. The molecule has 0 aliphatic carbocycles. The Balaban J connectivity index is 1.88.